The fourth-order valence-electron chi connectivity index (χ4n) is 1.80. The van der Waals surface area contributed by atoms with Crippen LogP contribution in [0.1, 0.15) is 12.8 Å². The largest absolute Gasteiger partial charge is 0.381 e. The Bertz CT molecular complexity index is 163. The standard InChI is InChI=1S/C10H20N2/c1-9(11(2)3)10-6-5-7-12(4)8-10/h10H,1,5-8H2,2-4H3. The normalized spacial score (nSPS) is 25.4. The maximum Gasteiger partial charge on any atom is 0.0110 e. The van der Waals surface area contributed by atoms with Crippen LogP contribution in [-0.4, -0.2) is 44.0 Å². The Morgan fingerprint density at radius 1 is 1.50 bits per heavy atom. The molecule has 0 aromatic heterocycles. The molecule has 0 aromatic rings. The molecule has 0 spiro atoms. The smallest absolute Gasteiger partial charge is 0.0110 e. The highest BCUT2D eigenvalue weighted by atomic mass is 15.1. The number of rotatable bonds is 2. The van der Waals surface area contributed by atoms with Crippen molar-refractivity contribution in [2.24, 2.45) is 5.92 Å². The van der Waals surface area contributed by atoms with Gasteiger partial charge in [0.2, 0.25) is 0 Å². The van der Waals surface area contributed by atoms with Crippen LogP contribution in [0.15, 0.2) is 12.3 Å². The van der Waals surface area contributed by atoms with Gasteiger partial charge in [-0.3, -0.25) is 0 Å². The fraction of sp³-hybridized carbons (Fsp3) is 0.800. The van der Waals surface area contributed by atoms with Gasteiger partial charge in [0.15, 0.2) is 0 Å². The SMILES string of the molecule is C=C(C1CCCN(C)C1)N(C)C. The van der Waals surface area contributed by atoms with Gasteiger partial charge in [0.05, 0.1) is 0 Å². The lowest BCUT2D eigenvalue weighted by Crippen LogP contribution is -2.35. The highest BCUT2D eigenvalue weighted by molar-refractivity contribution is 5.00. The molecule has 1 fully saturated rings. The van der Waals surface area contributed by atoms with Crippen molar-refractivity contribution in [3.63, 3.8) is 0 Å². The first kappa shape index (κ1) is 9.59. The average molecular weight is 168 g/mol. The first-order valence-electron chi connectivity index (χ1n) is 4.66. The topological polar surface area (TPSA) is 6.48 Å². The molecule has 0 aliphatic carbocycles. The lowest BCUT2D eigenvalue weighted by Gasteiger charge is -2.33. The number of hydrogen-bond donors (Lipinski definition) is 0. The minimum Gasteiger partial charge on any atom is -0.381 e. The first-order chi connectivity index (χ1) is 5.61. The van der Waals surface area contributed by atoms with Gasteiger partial charge in [-0.1, -0.05) is 6.58 Å². The summed E-state index contributed by atoms with van der Waals surface area (Å²) < 4.78 is 0. The highest BCUT2D eigenvalue weighted by Gasteiger charge is 2.20. The van der Waals surface area contributed by atoms with E-state index in [1.165, 1.54) is 31.6 Å². The van der Waals surface area contributed by atoms with Crippen LogP contribution in [-0.2, 0) is 0 Å². The van der Waals surface area contributed by atoms with Crippen molar-refractivity contribution in [1.29, 1.82) is 0 Å². The molecule has 1 rings (SSSR count). The Morgan fingerprint density at radius 2 is 2.17 bits per heavy atom. The van der Waals surface area contributed by atoms with Crippen molar-refractivity contribution in [2.75, 3.05) is 34.2 Å². The quantitative estimate of drug-likeness (QED) is 0.615. The lowest BCUT2D eigenvalue weighted by atomic mass is 9.95. The van der Waals surface area contributed by atoms with Gasteiger partial charge in [-0.15, -0.1) is 0 Å². The number of piperidine rings is 1. The van der Waals surface area contributed by atoms with E-state index in [1.54, 1.807) is 0 Å². The maximum atomic E-state index is 4.11. The van der Waals surface area contributed by atoms with E-state index in [-0.39, 0.29) is 0 Å². The number of nitrogens with zero attached hydrogens (tertiary/aromatic N) is 2. The van der Waals surface area contributed by atoms with Crippen LogP contribution in [0, 0.1) is 5.92 Å². The summed E-state index contributed by atoms with van der Waals surface area (Å²) >= 11 is 0. The molecule has 0 saturated carbocycles. The van der Waals surface area contributed by atoms with Gasteiger partial charge in [0.1, 0.15) is 0 Å². The van der Waals surface area contributed by atoms with Crippen molar-refractivity contribution in [1.82, 2.24) is 9.80 Å². The summed E-state index contributed by atoms with van der Waals surface area (Å²) in [6.07, 6.45) is 2.62. The van der Waals surface area contributed by atoms with E-state index in [1.807, 2.05) is 0 Å². The molecule has 1 aliphatic heterocycles. The van der Waals surface area contributed by atoms with E-state index < -0.39 is 0 Å². The van der Waals surface area contributed by atoms with Crippen LogP contribution >= 0.6 is 0 Å². The predicted octanol–water partition coefficient (Wildman–Crippen LogP) is 1.40. The van der Waals surface area contributed by atoms with E-state index in [2.05, 4.69) is 37.5 Å². The van der Waals surface area contributed by atoms with Gasteiger partial charge in [-0.2, -0.15) is 0 Å². The van der Waals surface area contributed by atoms with Gasteiger partial charge in [0, 0.05) is 32.3 Å². The van der Waals surface area contributed by atoms with Crippen molar-refractivity contribution >= 4 is 0 Å². The monoisotopic (exact) mass is 168 g/mol. The van der Waals surface area contributed by atoms with Gasteiger partial charge in [-0.05, 0) is 26.4 Å². The summed E-state index contributed by atoms with van der Waals surface area (Å²) in [7, 11) is 6.35. The Morgan fingerprint density at radius 3 is 2.67 bits per heavy atom. The molecule has 0 bridgehead atoms. The molecule has 70 valence electrons. The molecule has 0 amide bonds. The predicted molar refractivity (Wildman–Crippen MR) is 53.0 cm³/mol. The highest BCUT2D eigenvalue weighted by Crippen LogP contribution is 2.22. The summed E-state index contributed by atoms with van der Waals surface area (Å²) in [5.74, 6) is 0.679. The number of hydrogen-bond acceptors (Lipinski definition) is 2. The summed E-state index contributed by atoms with van der Waals surface area (Å²) in [4.78, 5) is 4.53. The summed E-state index contributed by atoms with van der Waals surface area (Å²) in [6, 6.07) is 0. The molecule has 12 heavy (non-hydrogen) atoms. The van der Waals surface area contributed by atoms with Crippen molar-refractivity contribution in [2.45, 2.75) is 12.8 Å². The Balaban J connectivity index is 2.46. The van der Waals surface area contributed by atoms with E-state index in [0.29, 0.717) is 5.92 Å². The third-order valence-corrected chi connectivity index (χ3v) is 2.67. The van der Waals surface area contributed by atoms with Gasteiger partial charge >= 0.3 is 0 Å². The van der Waals surface area contributed by atoms with E-state index in [0.717, 1.165) is 0 Å². The lowest BCUT2D eigenvalue weighted by molar-refractivity contribution is 0.211. The Labute approximate surface area is 75.8 Å². The fourth-order valence-corrected chi connectivity index (χ4v) is 1.80. The first-order valence-corrected chi connectivity index (χ1v) is 4.66. The molecule has 0 aromatic carbocycles. The Hall–Kier alpha value is -0.500. The molecule has 1 heterocycles. The molecule has 2 heteroatoms. The van der Waals surface area contributed by atoms with E-state index in [4.69, 9.17) is 0 Å². The van der Waals surface area contributed by atoms with Gasteiger partial charge in [0.25, 0.3) is 0 Å². The molecule has 1 unspecified atom stereocenters. The van der Waals surface area contributed by atoms with Gasteiger partial charge in [-0.25, -0.2) is 0 Å². The maximum absolute atomic E-state index is 4.11. The molecule has 1 atom stereocenters. The second-order valence-electron chi connectivity index (χ2n) is 3.99. The molecular weight excluding hydrogens is 148 g/mol. The summed E-state index contributed by atoms with van der Waals surface area (Å²) in [6.45, 7) is 6.54. The van der Waals surface area contributed by atoms with E-state index >= 15 is 0 Å². The third kappa shape index (κ3) is 2.24. The zero-order valence-corrected chi connectivity index (χ0v) is 8.51. The van der Waals surface area contributed by atoms with Crippen LogP contribution in [0.4, 0.5) is 0 Å². The summed E-state index contributed by atoms with van der Waals surface area (Å²) in [5, 5.41) is 0. The molecule has 1 saturated heterocycles. The second kappa shape index (κ2) is 3.94. The molecule has 0 N–H and O–H groups in total. The third-order valence-electron chi connectivity index (χ3n) is 2.67. The van der Waals surface area contributed by atoms with Gasteiger partial charge < -0.3 is 9.80 Å². The van der Waals surface area contributed by atoms with Crippen molar-refractivity contribution in [3.8, 4) is 0 Å². The zero-order chi connectivity index (χ0) is 9.14. The molecule has 0 radical (unpaired) electrons. The zero-order valence-electron chi connectivity index (χ0n) is 8.51. The minimum atomic E-state index is 0.679. The number of likely N-dealkylation sites (tertiary alicyclic amines) is 1. The van der Waals surface area contributed by atoms with Crippen LogP contribution in [0.5, 0.6) is 0 Å². The Kier molecular flexibility index (Phi) is 3.15. The van der Waals surface area contributed by atoms with Crippen LogP contribution in [0.25, 0.3) is 0 Å². The second-order valence-corrected chi connectivity index (χ2v) is 3.99. The summed E-state index contributed by atoms with van der Waals surface area (Å²) in [5.41, 5.74) is 1.28. The minimum absolute atomic E-state index is 0.679. The molecule has 1 aliphatic rings. The van der Waals surface area contributed by atoms with Crippen LogP contribution < -0.4 is 0 Å². The van der Waals surface area contributed by atoms with Crippen LogP contribution in [0.2, 0.25) is 0 Å². The average Bonchev–Trinajstić information content (AvgIpc) is 2.03. The van der Waals surface area contributed by atoms with Crippen LogP contribution in [0.3, 0.4) is 0 Å². The van der Waals surface area contributed by atoms with Crippen molar-refractivity contribution in [3.05, 3.63) is 12.3 Å². The van der Waals surface area contributed by atoms with Crippen molar-refractivity contribution < 1.29 is 0 Å². The molecule has 2 nitrogen and oxygen atoms in total. The van der Waals surface area contributed by atoms with E-state index in [9.17, 15) is 0 Å². The molecular formula is C10H20N2.